The third kappa shape index (κ3) is 2.24. The number of hydrogen-bond acceptors (Lipinski definition) is 4. The van der Waals surface area contributed by atoms with Gasteiger partial charge in [-0.15, -0.1) is 11.3 Å². The Kier molecular flexibility index (Phi) is 3.56. The zero-order valence-corrected chi connectivity index (χ0v) is 10.4. The van der Waals surface area contributed by atoms with Crippen molar-refractivity contribution in [2.75, 3.05) is 11.9 Å². The average Bonchev–Trinajstić information content (AvgIpc) is 2.96. The zero-order chi connectivity index (χ0) is 11.4. The molecule has 0 saturated carbocycles. The van der Waals surface area contributed by atoms with Crippen LogP contribution in [0.2, 0.25) is 0 Å². The highest BCUT2D eigenvalue weighted by Gasteiger charge is 2.13. The smallest absolute Gasteiger partial charge is 0.203 e. The molecule has 0 fully saturated rings. The first-order valence-corrected chi connectivity index (χ1v) is 6.37. The van der Waals surface area contributed by atoms with E-state index in [0.717, 1.165) is 23.9 Å². The predicted molar refractivity (Wildman–Crippen MR) is 66.9 cm³/mol. The number of thiazole rings is 1. The molecule has 1 unspecified atom stereocenters. The van der Waals surface area contributed by atoms with Crippen molar-refractivity contribution in [1.29, 1.82) is 0 Å². The lowest BCUT2D eigenvalue weighted by atomic mass is 10.3. The third-order valence-electron chi connectivity index (χ3n) is 2.43. The van der Waals surface area contributed by atoms with Crippen molar-refractivity contribution in [3.8, 4) is 0 Å². The number of aromatic nitrogens is 3. The Labute approximate surface area is 99.4 Å². The molecule has 2 rings (SSSR count). The maximum atomic E-state index is 4.34. The molecule has 0 radical (unpaired) electrons. The summed E-state index contributed by atoms with van der Waals surface area (Å²) in [4.78, 5) is 8.65. The SMILES string of the molecule is CCCNc1nccn1C(C)c1nccs1. The average molecular weight is 236 g/mol. The standard InChI is InChI=1S/C11H16N4S/c1-3-4-13-11-14-5-7-15(11)9(2)10-12-6-8-16-10/h5-9H,3-4H2,1-2H3,(H,13,14). The van der Waals surface area contributed by atoms with Gasteiger partial charge in [-0.05, 0) is 13.3 Å². The summed E-state index contributed by atoms with van der Waals surface area (Å²) in [5.41, 5.74) is 0. The van der Waals surface area contributed by atoms with Gasteiger partial charge < -0.3 is 9.88 Å². The Morgan fingerprint density at radius 1 is 1.44 bits per heavy atom. The summed E-state index contributed by atoms with van der Waals surface area (Å²) in [7, 11) is 0. The highest BCUT2D eigenvalue weighted by molar-refractivity contribution is 7.09. The molecular weight excluding hydrogens is 220 g/mol. The maximum Gasteiger partial charge on any atom is 0.203 e. The van der Waals surface area contributed by atoms with Gasteiger partial charge in [0.25, 0.3) is 0 Å². The number of nitrogens with zero attached hydrogens (tertiary/aromatic N) is 3. The highest BCUT2D eigenvalue weighted by Crippen LogP contribution is 2.22. The lowest BCUT2D eigenvalue weighted by Gasteiger charge is -2.14. The second-order valence-electron chi connectivity index (χ2n) is 3.63. The van der Waals surface area contributed by atoms with Gasteiger partial charge in [-0.2, -0.15) is 0 Å². The van der Waals surface area contributed by atoms with Gasteiger partial charge in [0.2, 0.25) is 5.95 Å². The van der Waals surface area contributed by atoms with Gasteiger partial charge in [0.15, 0.2) is 0 Å². The molecule has 0 spiro atoms. The van der Waals surface area contributed by atoms with E-state index in [0.29, 0.717) is 0 Å². The zero-order valence-electron chi connectivity index (χ0n) is 9.55. The molecule has 86 valence electrons. The first-order valence-electron chi connectivity index (χ1n) is 5.49. The Morgan fingerprint density at radius 2 is 2.31 bits per heavy atom. The Bertz CT molecular complexity index is 421. The van der Waals surface area contributed by atoms with Gasteiger partial charge in [-0.3, -0.25) is 0 Å². The summed E-state index contributed by atoms with van der Waals surface area (Å²) < 4.78 is 2.12. The molecule has 5 heteroatoms. The largest absolute Gasteiger partial charge is 0.356 e. The second-order valence-corrected chi connectivity index (χ2v) is 4.56. The van der Waals surface area contributed by atoms with Gasteiger partial charge in [0.1, 0.15) is 5.01 Å². The minimum atomic E-state index is 0.238. The molecule has 0 aromatic carbocycles. The first-order chi connectivity index (χ1) is 7.83. The van der Waals surface area contributed by atoms with Crippen molar-refractivity contribution in [2.45, 2.75) is 26.3 Å². The predicted octanol–water partition coefficient (Wildman–Crippen LogP) is 2.77. The van der Waals surface area contributed by atoms with E-state index in [-0.39, 0.29) is 6.04 Å². The van der Waals surface area contributed by atoms with E-state index in [1.54, 1.807) is 11.3 Å². The molecule has 0 aliphatic heterocycles. The van der Waals surface area contributed by atoms with E-state index in [4.69, 9.17) is 0 Å². The van der Waals surface area contributed by atoms with Gasteiger partial charge in [-0.25, -0.2) is 9.97 Å². The molecular formula is C11H16N4S. The molecule has 0 saturated heterocycles. The summed E-state index contributed by atoms with van der Waals surface area (Å²) in [6.07, 6.45) is 6.75. The van der Waals surface area contributed by atoms with Crippen LogP contribution in [0.5, 0.6) is 0 Å². The van der Waals surface area contributed by atoms with Crippen molar-refractivity contribution in [3.63, 3.8) is 0 Å². The molecule has 1 N–H and O–H groups in total. The first kappa shape index (κ1) is 11.1. The molecule has 1 atom stereocenters. The summed E-state index contributed by atoms with van der Waals surface area (Å²) in [5.74, 6) is 0.921. The lowest BCUT2D eigenvalue weighted by Crippen LogP contribution is -2.12. The normalized spacial score (nSPS) is 12.6. The van der Waals surface area contributed by atoms with Gasteiger partial charge in [0, 0.05) is 30.5 Å². The van der Waals surface area contributed by atoms with Crippen molar-refractivity contribution in [3.05, 3.63) is 29.0 Å². The van der Waals surface area contributed by atoms with Crippen LogP contribution in [0.25, 0.3) is 0 Å². The van der Waals surface area contributed by atoms with Gasteiger partial charge in [-0.1, -0.05) is 6.92 Å². The van der Waals surface area contributed by atoms with Crippen LogP contribution in [0.1, 0.15) is 31.3 Å². The summed E-state index contributed by atoms with van der Waals surface area (Å²) in [5, 5.41) is 6.43. The maximum absolute atomic E-state index is 4.34. The van der Waals surface area contributed by atoms with E-state index in [2.05, 4.69) is 33.7 Å². The van der Waals surface area contributed by atoms with Gasteiger partial charge >= 0.3 is 0 Å². The fourth-order valence-corrected chi connectivity index (χ4v) is 2.25. The molecule has 4 nitrogen and oxygen atoms in total. The van der Waals surface area contributed by atoms with E-state index < -0.39 is 0 Å². The number of rotatable bonds is 5. The van der Waals surface area contributed by atoms with Crippen molar-refractivity contribution >= 4 is 17.3 Å². The second kappa shape index (κ2) is 5.12. The van der Waals surface area contributed by atoms with Crippen molar-refractivity contribution in [2.24, 2.45) is 0 Å². The molecule has 16 heavy (non-hydrogen) atoms. The molecule has 2 heterocycles. The van der Waals surface area contributed by atoms with Crippen LogP contribution in [0.4, 0.5) is 5.95 Å². The van der Waals surface area contributed by atoms with Crippen LogP contribution in [0.3, 0.4) is 0 Å². The minimum absolute atomic E-state index is 0.238. The Morgan fingerprint density at radius 3 is 3.00 bits per heavy atom. The van der Waals surface area contributed by atoms with Crippen LogP contribution < -0.4 is 5.32 Å². The van der Waals surface area contributed by atoms with Crippen LogP contribution in [-0.4, -0.2) is 21.1 Å². The van der Waals surface area contributed by atoms with Gasteiger partial charge in [0.05, 0.1) is 6.04 Å². The fourth-order valence-electron chi connectivity index (χ4n) is 1.56. The van der Waals surface area contributed by atoms with Crippen LogP contribution in [-0.2, 0) is 0 Å². The summed E-state index contributed by atoms with van der Waals surface area (Å²) in [6.45, 7) is 5.23. The molecule has 2 aromatic rings. The summed E-state index contributed by atoms with van der Waals surface area (Å²) >= 11 is 1.67. The molecule has 2 aromatic heterocycles. The minimum Gasteiger partial charge on any atom is -0.356 e. The molecule has 0 bridgehead atoms. The highest BCUT2D eigenvalue weighted by atomic mass is 32.1. The Balaban J connectivity index is 2.17. The Hall–Kier alpha value is -1.36. The van der Waals surface area contributed by atoms with E-state index in [1.165, 1.54) is 0 Å². The van der Waals surface area contributed by atoms with E-state index in [1.807, 2.05) is 24.0 Å². The molecule has 0 aliphatic carbocycles. The third-order valence-corrected chi connectivity index (χ3v) is 3.37. The van der Waals surface area contributed by atoms with Crippen molar-refractivity contribution in [1.82, 2.24) is 14.5 Å². The fraction of sp³-hybridized carbons (Fsp3) is 0.455. The topological polar surface area (TPSA) is 42.7 Å². The molecule has 0 aliphatic rings. The monoisotopic (exact) mass is 236 g/mol. The van der Waals surface area contributed by atoms with Crippen LogP contribution >= 0.6 is 11.3 Å². The van der Waals surface area contributed by atoms with Crippen LogP contribution in [0.15, 0.2) is 24.0 Å². The van der Waals surface area contributed by atoms with Crippen LogP contribution in [0, 0.1) is 0 Å². The number of nitrogens with one attached hydrogen (secondary N) is 1. The quantitative estimate of drug-likeness (QED) is 0.868. The lowest BCUT2D eigenvalue weighted by molar-refractivity contribution is 0.638. The number of anilines is 1. The van der Waals surface area contributed by atoms with E-state index in [9.17, 15) is 0 Å². The van der Waals surface area contributed by atoms with E-state index >= 15 is 0 Å². The number of imidazole rings is 1. The van der Waals surface area contributed by atoms with Crippen molar-refractivity contribution < 1.29 is 0 Å². The summed E-state index contributed by atoms with van der Waals surface area (Å²) in [6, 6.07) is 0.238. The molecule has 0 amide bonds. The number of hydrogen-bond donors (Lipinski definition) is 1.